The second-order valence-electron chi connectivity index (χ2n) is 7.29. The lowest BCUT2D eigenvalue weighted by Gasteiger charge is -2.10. The van der Waals surface area contributed by atoms with Gasteiger partial charge in [-0.15, -0.1) is 0 Å². The minimum atomic E-state index is -3.77. The van der Waals surface area contributed by atoms with E-state index in [-0.39, 0.29) is 10.5 Å². The molecule has 1 N–H and O–H groups in total. The highest BCUT2D eigenvalue weighted by Crippen LogP contribution is 2.20. The maximum Gasteiger partial charge on any atom is 0.261 e. The molecule has 0 bridgehead atoms. The van der Waals surface area contributed by atoms with Gasteiger partial charge in [0.15, 0.2) is 0 Å². The van der Waals surface area contributed by atoms with Gasteiger partial charge in [0.1, 0.15) is 11.6 Å². The van der Waals surface area contributed by atoms with E-state index in [9.17, 15) is 12.8 Å². The number of sulfonamides is 1. The second kappa shape index (κ2) is 7.91. The normalized spacial score (nSPS) is 11.7. The average molecular weight is 424 g/mol. The van der Waals surface area contributed by atoms with Crippen LogP contribution >= 0.6 is 0 Å². The highest BCUT2D eigenvalue weighted by Gasteiger charge is 2.15. The monoisotopic (exact) mass is 423 g/mol. The van der Waals surface area contributed by atoms with Crippen molar-refractivity contribution < 1.29 is 12.8 Å². The van der Waals surface area contributed by atoms with Crippen molar-refractivity contribution in [3.8, 4) is 0 Å². The summed E-state index contributed by atoms with van der Waals surface area (Å²) in [5, 5.41) is 0. The Morgan fingerprint density at radius 2 is 1.73 bits per heavy atom. The molecule has 1 aromatic heterocycles. The molecule has 0 atom stereocenters. The van der Waals surface area contributed by atoms with E-state index in [1.165, 1.54) is 19.1 Å². The van der Waals surface area contributed by atoms with Crippen molar-refractivity contribution in [3.63, 3.8) is 0 Å². The van der Waals surface area contributed by atoms with Gasteiger partial charge in [-0.1, -0.05) is 24.3 Å². The predicted octanol–water partition coefficient (Wildman–Crippen LogP) is 4.61. The highest BCUT2D eigenvalue weighted by molar-refractivity contribution is 7.92. The molecule has 0 amide bonds. The molecule has 154 valence electrons. The van der Waals surface area contributed by atoms with Gasteiger partial charge in [-0.2, -0.15) is 0 Å². The molecule has 0 aliphatic heterocycles. The Labute approximate surface area is 175 Å². The number of nitrogens with one attached hydrogen (secondary N) is 1. The molecule has 4 rings (SSSR count). The molecule has 5 nitrogen and oxygen atoms in total. The summed E-state index contributed by atoms with van der Waals surface area (Å²) in [4.78, 5) is 4.72. The molecule has 30 heavy (non-hydrogen) atoms. The molecular weight excluding hydrogens is 401 g/mol. The lowest BCUT2D eigenvalue weighted by molar-refractivity contribution is 0.598. The first-order valence-corrected chi connectivity index (χ1v) is 11.1. The summed E-state index contributed by atoms with van der Waals surface area (Å²) >= 11 is 0. The maximum atomic E-state index is 13.4. The molecule has 4 aromatic rings. The van der Waals surface area contributed by atoms with Crippen LogP contribution in [0.1, 0.15) is 17.0 Å². The van der Waals surface area contributed by atoms with E-state index in [1.54, 1.807) is 12.1 Å². The van der Waals surface area contributed by atoms with Crippen LogP contribution in [0.4, 0.5) is 10.1 Å². The molecule has 0 spiro atoms. The van der Waals surface area contributed by atoms with E-state index in [0.717, 1.165) is 41.3 Å². The number of hydrogen-bond donors (Lipinski definition) is 1. The zero-order valence-corrected chi connectivity index (χ0v) is 17.6. The summed E-state index contributed by atoms with van der Waals surface area (Å²) in [7, 11) is -1.76. The van der Waals surface area contributed by atoms with E-state index < -0.39 is 15.8 Å². The van der Waals surface area contributed by atoms with Crippen molar-refractivity contribution in [3.05, 3.63) is 89.5 Å². The second-order valence-corrected chi connectivity index (χ2v) is 8.97. The van der Waals surface area contributed by atoms with Crippen molar-refractivity contribution in [2.75, 3.05) is 4.72 Å². The van der Waals surface area contributed by atoms with Gasteiger partial charge in [0, 0.05) is 19.2 Å². The van der Waals surface area contributed by atoms with E-state index in [0.29, 0.717) is 5.69 Å². The zero-order valence-electron chi connectivity index (χ0n) is 16.8. The fourth-order valence-electron chi connectivity index (χ4n) is 3.41. The Morgan fingerprint density at radius 1 is 1.00 bits per heavy atom. The number of imidazole rings is 1. The van der Waals surface area contributed by atoms with E-state index >= 15 is 0 Å². The first-order valence-electron chi connectivity index (χ1n) is 9.62. The van der Waals surface area contributed by atoms with Crippen LogP contribution in [0.25, 0.3) is 11.0 Å². The van der Waals surface area contributed by atoms with Gasteiger partial charge in [0.05, 0.1) is 15.9 Å². The third-order valence-electron chi connectivity index (χ3n) is 5.16. The van der Waals surface area contributed by atoms with Crippen molar-refractivity contribution >= 4 is 26.7 Å². The number of aromatic nitrogens is 2. The molecule has 0 unspecified atom stereocenters. The molecule has 1 heterocycles. The van der Waals surface area contributed by atoms with Crippen LogP contribution in [0, 0.1) is 12.7 Å². The third-order valence-corrected chi connectivity index (χ3v) is 6.54. The average Bonchev–Trinajstić information content (AvgIpc) is 3.05. The Balaban J connectivity index is 1.44. The van der Waals surface area contributed by atoms with Crippen molar-refractivity contribution in [1.29, 1.82) is 0 Å². The lowest BCUT2D eigenvalue weighted by atomic mass is 10.1. The number of para-hydroxylation sites is 2. The summed E-state index contributed by atoms with van der Waals surface area (Å²) in [5.74, 6) is 0.576. The summed E-state index contributed by atoms with van der Waals surface area (Å²) in [5.41, 5.74) is 3.92. The summed E-state index contributed by atoms with van der Waals surface area (Å²) < 4.78 is 43.1. The topological polar surface area (TPSA) is 64.0 Å². The van der Waals surface area contributed by atoms with Crippen LogP contribution in [0.3, 0.4) is 0 Å². The van der Waals surface area contributed by atoms with E-state index in [2.05, 4.69) is 20.3 Å². The quantitative estimate of drug-likeness (QED) is 0.493. The van der Waals surface area contributed by atoms with Crippen LogP contribution in [0.5, 0.6) is 0 Å². The summed E-state index contributed by atoms with van der Waals surface area (Å²) in [6.45, 7) is 1.54. The van der Waals surface area contributed by atoms with Gasteiger partial charge in [-0.3, -0.25) is 4.72 Å². The van der Waals surface area contributed by atoms with Gasteiger partial charge in [-0.05, 0) is 66.9 Å². The minimum Gasteiger partial charge on any atom is -0.331 e. The summed E-state index contributed by atoms with van der Waals surface area (Å²) in [6, 6.07) is 19.0. The smallest absolute Gasteiger partial charge is 0.261 e. The zero-order chi connectivity index (χ0) is 21.3. The number of aryl methyl sites for hydroxylation is 4. The SMILES string of the molecule is Cc1cc(S(=O)(=O)Nc2ccc(CCc3nc4ccccc4n3C)cc2)ccc1F. The van der Waals surface area contributed by atoms with Crippen LogP contribution in [-0.2, 0) is 29.9 Å². The molecule has 0 fully saturated rings. The van der Waals surface area contributed by atoms with Crippen LogP contribution in [0.2, 0.25) is 0 Å². The first-order chi connectivity index (χ1) is 14.3. The molecule has 0 saturated heterocycles. The van der Waals surface area contributed by atoms with Crippen molar-refractivity contribution in [2.45, 2.75) is 24.7 Å². The summed E-state index contributed by atoms with van der Waals surface area (Å²) in [6.07, 6.45) is 1.58. The Bertz CT molecular complexity index is 1310. The Morgan fingerprint density at radius 3 is 2.43 bits per heavy atom. The number of rotatable bonds is 6. The lowest BCUT2D eigenvalue weighted by Crippen LogP contribution is -2.13. The minimum absolute atomic E-state index is 0.0346. The van der Waals surface area contributed by atoms with Crippen LogP contribution < -0.4 is 4.72 Å². The molecule has 7 heteroatoms. The Hall–Kier alpha value is -3.19. The van der Waals surface area contributed by atoms with E-state index in [1.807, 2.05) is 37.4 Å². The van der Waals surface area contributed by atoms with Crippen LogP contribution in [-0.4, -0.2) is 18.0 Å². The maximum absolute atomic E-state index is 13.4. The number of benzene rings is 3. The Kier molecular flexibility index (Phi) is 5.30. The molecule has 0 aliphatic rings. The molecule has 3 aromatic carbocycles. The number of halogens is 1. The highest BCUT2D eigenvalue weighted by atomic mass is 32.2. The first kappa shape index (κ1) is 20.1. The van der Waals surface area contributed by atoms with Gasteiger partial charge >= 0.3 is 0 Å². The van der Waals surface area contributed by atoms with Gasteiger partial charge < -0.3 is 4.57 Å². The molecule has 0 saturated carbocycles. The largest absolute Gasteiger partial charge is 0.331 e. The van der Waals surface area contributed by atoms with Crippen molar-refractivity contribution in [1.82, 2.24) is 9.55 Å². The van der Waals surface area contributed by atoms with Gasteiger partial charge in [-0.25, -0.2) is 17.8 Å². The number of anilines is 1. The van der Waals surface area contributed by atoms with Crippen molar-refractivity contribution in [2.24, 2.45) is 7.05 Å². The van der Waals surface area contributed by atoms with E-state index in [4.69, 9.17) is 0 Å². The predicted molar refractivity (Wildman–Crippen MR) is 117 cm³/mol. The van der Waals surface area contributed by atoms with Gasteiger partial charge in [0.25, 0.3) is 10.0 Å². The fourth-order valence-corrected chi connectivity index (χ4v) is 4.56. The number of hydrogen-bond acceptors (Lipinski definition) is 3. The fraction of sp³-hybridized carbons (Fsp3) is 0.174. The van der Waals surface area contributed by atoms with Gasteiger partial charge in [0.2, 0.25) is 0 Å². The standard InChI is InChI=1S/C23H22FN3O2S/c1-16-15-19(12-13-20(16)24)30(28,29)26-18-10-7-17(8-11-18)9-14-23-25-21-5-3-4-6-22(21)27(23)2/h3-8,10-13,15,26H,9,14H2,1-2H3. The molecule has 0 radical (unpaired) electrons. The third kappa shape index (κ3) is 4.07. The number of nitrogens with zero attached hydrogens (tertiary/aromatic N) is 2. The molecular formula is C23H22FN3O2S. The van der Waals surface area contributed by atoms with Crippen LogP contribution in [0.15, 0.2) is 71.6 Å². The number of fused-ring (bicyclic) bond motifs is 1. The molecule has 0 aliphatic carbocycles.